The summed E-state index contributed by atoms with van der Waals surface area (Å²) in [4.78, 5) is 47.8. The molecule has 1 radical (unpaired) electrons. The topological polar surface area (TPSA) is 115 Å². The molecule has 1 atom stereocenters. The predicted octanol–water partition coefficient (Wildman–Crippen LogP) is -1.72. The van der Waals surface area contributed by atoms with Gasteiger partial charge in [-0.25, -0.2) is 4.79 Å². The van der Waals surface area contributed by atoms with E-state index in [-0.39, 0.29) is 13.1 Å². The van der Waals surface area contributed by atoms with E-state index in [1.165, 1.54) is 11.8 Å². The number of amides is 5. The Balaban J connectivity index is 2.68. The first-order chi connectivity index (χ1) is 8.38. The first-order valence-electron chi connectivity index (χ1n) is 5.54. The molecule has 2 N–H and O–H groups in total. The standard InChI is InChI=1S/C10H15N4O4/c1-3-13-4-5-14(9(17)8(13)16)10(18)12-7(15)6(2)11/h6H,3-5,11H2,1-2H3/t6-/m1/s1. The van der Waals surface area contributed by atoms with Gasteiger partial charge < -0.3 is 10.6 Å². The van der Waals surface area contributed by atoms with E-state index in [1.54, 1.807) is 6.92 Å². The van der Waals surface area contributed by atoms with Gasteiger partial charge in [-0.15, -0.1) is 0 Å². The quantitative estimate of drug-likeness (QED) is 0.589. The Kier molecular flexibility index (Phi) is 4.38. The Bertz CT molecular complexity index is 393. The maximum absolute atomic E-state index is 11.6. The van der Waals surface area contributed by atoms with Crippen molar-refractivity contribution in [3.63, 3.8) is 0 Å². The van der Waals surface area contributed by atoms with Crippen LogP contribution in [0.4, 0.5) is 4.79 Å². The molecule has 1 aliphatic rings. The van der Waals surface area contributed by atoms with Gasteiger partial charge >= 0.3 is 17.8 Å². The van der Waals surface area contributed by atoms with Crippen LogP contribution in [0.1, 0.15) is 13.8 Å². The Morgan fingerprint density at radius 3 is 2.44 bits per heavy atom. The highest BCUT2D eigenvalue weighted by Crippen LogP contribution is 2.05. The van der Waals surface area contributed by atoms with Crippen molar-refractivity contribution in [3.05, 3.63) is 0 Å². The minimum atomic E-state index is -1.04. The molecule has 18 heavy (non-hydrogen) atoms. The molecule has 0 aromatic rings. The number of carbonyl (C=O) groups excluding carboxylic acids is 4. The summed E-state index contributed by atoms with van der Waals surface area (Å²) < 4.78 is 0. The van der Waals surface area contributed by atoms with E-state index in [9.17, 15) is 19.2 Å². The lowest BCUT2D eigenvalue weighted by Gasteiger charge is -2.31. The molecule has 1 aliphatic heterocycles. The third-order valence-electron chi connectivity index (χ3n) is 2.52. The SMILES string of the molecule is CCN1CCN(C(=O)[N]C(=O)[C@@H](C)N)C(=O)C1=O. The zero-order valence-corrected chi connectivity index (χ0v) is 10.3. The number of hydrogen-bond acceptors (Lipinski definition) is 5. The van der Waals surface area contributed by atoms with Gasteiger partial charge in [-0.2, -0.15) is 5.32 Å². The molecule has 1 rings (SSSR count). The lowest BCUT2D eigenvalue weighted by Crippen LogP contribution is -2.58. The normalized spacial score (nSPS) is 17.7. The number of hydrogen-bond donors (Lipinski definition) is 1. The van der Waals surface area contributed by atoms with E-state index in [0.717, 1.165) is 0 Å². The highest BCUT2D eigenvalue weighted by Gasteiger charge is 2.36. The van der Waals surface area contributed by atoms with Gasteiger partial charge in [-0.3, -0.25) is 19.3 Å². The van der Waals surface area contributed by atoms with Crippen LogP contribution in [0.15, 0.2) is 0 Å². The number of rotatable bonds is 2. The van der Waals surface area contributed by atoms with Gasteiger partial charge in [-0.05, 0) is 13.8 Å². The van der Waals surface area contributed by atoms with Crippen molar-refractivity contribution in [1.82, 2.24) is 15.1 Å². The van der Waals surface area contributed by atoms with Crippen LogP contribution < -0.4 is 11.1 Å². The van der Waals surface area contributed by atoms with Crippen molar-refractivity contribution in [1.29, 1.82) is 0 Å². The Morgan fingerprint density at radius 2 is 1.94 bits per heavy atom. The van der Waals surface area contributed by atoms with Crippen molar-refractivity contribution < 1.29 is 19.2 Å². The minimum absolute atomic E-state index is 0.0347. The monoisotopic (exact) mass is 255 g/mol. The van der Waals surface area contributed by atoms with Crippen molar-refractivity contribution in [2.75, 3.05) is 19.6 Å². The zero-order chi connectivity index (χ0) is 13.9. The summed E-state index contributed by atoms with van der Waals surface area (Å²) in [5.41, 5.74) is 5.25. The summed E-state index contributed by atoms with van der Waals surface area (Å²) >= 11 is 0. The Morgan fingerprint density at radius 1 is 1.33 bits per heavy atom. The largest absolute Gasteiger partial charge is 0.353 e. The summed E-state index contributed by atoms with van der Waals surface area (Å²) in [6.45, 7) is 3.78. The molecule has 1 fully saturated rings. The number of piperazine rings is 1. The number of likely N-dealkylation sites (N-methyl/N-ethyl adjacent to an activating group) is 1. The van der Waals surface area contributed by atoms with Crippen molar-refractivity contribution >= 4 is 23.8 Å². The summed E-state index contributed by atoms with van der Waals surface area (Å²) in [5.74, 6) is -2.55. The van der Waals surface area contributed by atoms with Crippen LogP contribution in [0.5, 0.6) is 0 Å². The predicted molar refractivity (Wildman–Crippen MR) is 60.2 cm³/mol. The van der Waals surface area contributed by atoms with Crippen LogP contribution in [0.25, 0.3) is 0 Å². The maximum Gasteiger partial charge on any atom is 0.353 e. The molecule has 0 bridgehead atoms. The molecule has 0 saturated carbocycles. The van der Waals surface area contributed by atoms with E-state index in [4.69, 9.17) is 5.73 Å². The van der Waals surface area contributed by atoms with E-state index >= 15 is 0 Å². The molecule has 0 aromatic carbocycles. The lowest BCUT2D eigenvalue weighted by atomic mass is 10.3. The van der Waals surface area contributed by atoms with Crippen molar-refractivity contribution in [2.24, 2.45) is 5.73 Å². The van der Waals surface area contributed by atoms with E-state index < -0.39 is 29.8 Å². The van der Waals surface area contributed by atoms with E-state index in [1.807, 2.05) is 0 Å². The minimum Gasteiger partial charge on any atom is -0.333 e. The van der Waals surface area contributed by atoms with Gasteiger partial charge in [0.2, 0.25) is 0 Å². The Hall–Kier alpha value is -1.96. The zero-order valence-electron chi connectivity index (χ0n) is 10.3. The number of nitrogens with two attached hydrogens (primary N) is 1. The van der Waals surface area contributed by atoms with Gasteiger partial charge in [0.15, 0.2) is 0 Å². The Labute approximate surface area is 104 Å². The summed E-state index contributed by atoms with van der Waals surface area (Å²) in [5, 5.41) is 3.17. The van der Waals surface area contributed by atoms with Gasteiger partial charge in [-0.1, -0.05) is 0 Å². The second-order valence-corrected chi connectivity index (χ2v) is 3.86. The lowest BCUT2D eigenvalue weighted by molar-refractivity contribution is -0.153. The molecule has 5 amide bonds. The molecule has 8 heteroatoms. The van der Waals surface area contributed by atoms with Crippen molar-refractivity contribution in [2.45, 2.75) is 19.9 Å². The van der Waals surface area contributed by atoms with Crippen LogP contribution in [0.3, 0.4) is 0 Å². The second kappa shape index (κ2) is 5.58. The average Bonchev–Trinajstić information content (AvgIpc) is 2.32. The summed E-state index contributed by atoms with van der Waals surface area (Å²) in [6, 6.07) is -1.96. The molecule has 99 valence electrons. The highest BCUT2D eigenvalue weighted by atomic mass is 16.2. The van der Waals surface area contributed by atoms with Crippen LogP contribution in [0, 0.1) is 0 Å². The van der Waals surface area contributed by atoms with Gasteiger partial charge in [0.05, 0.1) is 6.04 Å². The first kappa shape index (κ1) is 14.1. The van der Waals surface area contributed by atoms with Gasteiger partial charge in [0.1, 0.15) is 0 Å². The number of urea groups is 1. The third kappa shape index (κ3) is 2.83. The number of carbonyl (C=O) groups is 4. The summed E-state index contributed by atoms with van der Waals surface area (Å²) in [6.07, 6.45) is 0. The van der Waals surface area contributed by atoms with Gasteiger partial charge in [0.25, 0.3) is 5.91 Å². The second-order valence-electron chi connectivity index (χ2n) is 3.86. The molecule has 0 unspecified atom stereocenters. The molecule has 8 nitrogen and oxygen atoms in total. The molecule has 0 aliphatic carbocycles. The molecule has 1 heterocycles. The van der Waals surface area contributed by atoms with Gasteiger partial charge in [0, 0.05) is 19.6 Å². The highest BCUT2D eigenvalue weighted by molar-refractivity contribution is 6.38. The molecule has 0 aromatic heterocycles. The summed E-state index contributed by atoms with van der Waals surface area (Å²) in [7, 11) is 0. The van der Waals surface area contributed by atoms with Crippen LogP contribution in [-0.4, -0.2) is 59.2 Å². The van der Waals surface area contributed by atoms with Crippen molar-refractivity contribution in [3.8, 4) is 0 Å². The third-order valence-corrected chi connectivity index (χ3v) is 2.52. The fraction of sp³-hybridized carbons (Fsp3) is 0.600. The molecule has 1 saturated heterocycles. The fourth-order valence-corrected chi connectivity index (χ4v) is 1.42. The van der Waals surface area contributed by atoms with E-state index in [0.29, 0.717) is 11.4 Å². The smallest absolute Gasteiger partial charge is 0.333 e. The number of imide groups is 2. The van der Waals surface area contributed by atoms with Crippen LogP contribution in [-0.2, 0) is 14.4 Å². The molecular weight excluding hydrogens is 240 g/mol. The van der Waals surface area contributed by atoms with Crippen LogP contribution >= 0.6 is 0 Å². The molecular formula is C10H15N4O4. The number of nitrogens with zero attached hydrogens (tertiary/aromatic N) is 3. The first-order valence-corrected chi connectivity index (χ1v) is 5.54. The van der Waals surface area contributed by atoms with Crippen LogP contribution in [0.2, 0.25) is 0 Å². The van der Waals surface area contributed by atoms with E-state index in [2.05, 4.69) is 5.32 Å². The average molecular weight is 255 g/mol. The molecule has 0 spiro atoms. The maximum atomic E-state index is 11.6. The fourth-order valence-electron chi connectivity index (χ4n) is 1.42.